The Bertz CT molecular complexity index is 990. The van der Waals surface area contributed by atoms with Crippen molar-refractivity contribution < 1.29 is 13.5 Å². The molecule has 0 spiro atoms. The van der Waals surface area contributed by atoms with Crippen LogP contribution in [-0.2, 0) is 9.84 Å². The SMILES string of the molecule is CC[C@]1(O)CC[C@@]2(C)[C@@H](CC[C@@H]3[C@@H]2CC[C@]2(C)[C@@H]([C@H](C)CS(=O)(=O)c4ccccc4)CC[C@@H]32)C1. The monoisotopic (exact) mass is 486 g/mol. The van der Waals surface area contributed by atoms with E-state index in [-0.39, 0.29) is 17.1 Å². The van der Waals surface area contributed by atoms with Crippen molar-refractivity contribution in [2.45, 2.75) is 102 Å². The molecule has 0 aromatic heterocycles. The van der Waals surface area contributed by atoms with E-state index < -0.39 is 15.4 Å². The molecule has 1 aromatic carbocycles. The maximum Gasteiger partial charge on any atom is 0.178 e. The van der Waals surface area contributed by atoms with Crippen molar-refractivity contribution in [3.63, 3.8) is 0 Å². The largest absolute Gasteiger partial charge is 0.390 e. The molecule has 0 radical (unpaired) electrons. The highest BCUT2D eigenvalue weighted by Gasteiger charge is 2.61. The first-order chi connectivity index (χ1) is 16.0. The summed E-state index contributed by atoms with van der Waals surface area (Å²) in [5.74, 6) is 3.94. The van der Waals surface area contributed by atoms with Crippen LogP contribution in [-0.4, -0.2) is 24.9 Å². The van der Waals surface area contributed by atoms with Crippen LogP contribution in [0.3, 0.4) is 0 Å². The van der Waals surface area contributed by atoms with Gasteiger partial charge in [0.1, 0.15) is 0 Å². The highest BCUT2D eigenvalue weighted by Crippen LogP contribution is 2.68. The maximum absolute atomic E-state index is 13.1. The molecule has 3 nitrogen and oxygen atoms in total. The molecule has 5 rings (SSSR count). The van der Waals surface area contributed by atoms with E-state index in [4.69, 9.17) is 0 Å². The molecule has 4 saturated carbocycles. The van der Waals surface area contributed by atoms with Crippen molar-refractivity contribution in [2.75, 3.05) is 5.75 Å². The summed E-state index contributed by atoms with van der Waals surface area (Å²) >= 11 is 0. The van der Waals surface area contributed by atoms with E-state index in [1.165, 1.54) is 44.9 Å². The van der Waals surface area contributed by atoms with E-state index in [9.17, 15) is 13.5 Å². The summed E-state index contributed by atoms with van der Waals surface area (Å²) in [6, 6.07) is 9.03. The molecule has 4 fully saturated rings. The van der Waals surface area contributed by atoms with Gasteiger partial charge in [-0.1, -0.05) is 45.9 Å². The number of hydrogen-bond donors (Lipinski definition) is 1. The number of hydrogen-bond acceptors (Lipinski definition) is 3. The molecule has 0 aliphatic heterocycles. The van der Waals surface area contributed by atoms with E-state index >= 15 is 0 Å². The molecule has 190 valence electrons. The van der Waals surface area contributed by atoms with Gasteiger partial charge in [-0.2, -0.15) is 0 Å². The lowest BCUT2D eigenvalue weighted by Crippen LogP contribution is -2.56. The predicted molar refractivity (Wildman–Crippen MR) is 138 cm³/mol. The van der Waals surface area contributed by atoms with Crippen LogP contribution in [0.25, 0.3) is 0 Å². The Morgan fingerprint density at radius 3 is 2.35 bits per heavy atom. The minimum absolute atomic E-state index is 0.193. The summed E-state index contributed by atoms with van der Waals surface area (Å²) < 4.78 is 26.3. The van der Waals surface area contributed by atoms with Gasteiger partial charge in [0.15, 0.2) is 9.84 Å². The van der Waals surface area contributed by atoms with Gasteiger partial charge in [-0.15, -0.1) is 0 Å². The molecule has 0 heterocycles. The topological polar surface area (TPSA) is 54.4 Å². The van der Waals surface area contributed by atoms with E-state index in [1.807, 2.05) is 18.2 Å². The Morgan fingerprint density at radius 2 is 1.65 bits per heavy atom. The van der Waals surface area contributed by atoms with Crippen molar-refractivity contribution in [3.05, 3.63) is 30.3 Å². The lowest BCUT2D eigenvalue weighted by atomic mass is 9.43. The molecule has 4 heteroatoms. The van der Waals surface area contributed by atoms with Gasteiger partial charge in [-0.25, -0.2) is 8.42 Å². The van der Waals surface area contributed by atoms with Crippen molar-refractivity contribution in [2.24, 2.45) is 46.3 Å². The van der Waals surface area contributed by atoms with Crippen molar-refractivity contribution >= 4 is 9.84 Å². The minimum atomic E-state index is -3.25. The van der Waals surface area contributed by atoms with Gasteiger partial charge in [0, 0.05) is 0 Å². The number of fused-ring (bicyclic) bond motifs is 5. The third-order valence-corrected chi connectivity index (χ3v) is 13.8. The quantitative estimate of drug-likeness (QED) is 0.493. The molecule has 0 bridgehead atoms. The average Bonchev–Trinajstić information content (AvgIpc) is 3.17. The summed E-state index contributed by atoms with van der Waals surface area (Å²) in [6.07, 6.45) is 11.6. The van der Waals surface area contributed by atoms with Gasteiger partial charge < -0.3 is 5.11 Å². The number of benzene rings is 1. The van der Waals surface area contributed by atoms with Gasteiger partial charge in [0.2, 0.25) is 0 Å². The number of aliphatic hydroxyl groups is 1. The Balaban J connectivity index is 1.33. The molecular formula is C30H46O3S. The Labute approximate surface area is 208 Å². The van der Waals surface area contributed by atoms with Crippen LogP contribution < -0.4 is 0 Å². The molecule has 4 aliphatic rings. The normalized spacial score (nSPS) is 45.1. The van der Waals surface area contributed by atoms with Crippen molar-refractivity contribution in [1.29, 1.82) is 0 Å². The van der Waals surface area contributed by atoms with Crippen LogP contribution in [0.5, 0.6) is 0 Å². The van der Waals surface area contributed by atoms with E-state index in [2.05, 4.69) is 27.7 Å². The Kier molecular flexibility index (Phi) is 6.28. The third-order valence-electron chi connectivity index (χ3n) is 11.8. The van der Waals surface area contributed by atoms with Crippen LogP contribution in [0.15, 0.2) is 35.2 Å². The van der Waals surface area contributed by atoms with Gasteiger partial charge in [-0.05, 0) is 123 Å². The Hall–Kier alpha value is -0.870. The van der Waals surface area contributed by atoms with Gasteiger partial charge >= 0.3 is 0 Å². The summed E-state index contributed by atoms with van der Waals surface area (Å²) in [5, 5.41) is 11.0. The fourth-order valence-corrected chi connectivity index (χ4v) is 11.5. The number of sulfone groups is 1. The van der Waals surface area contributed by atoms with Crippen LogP contribution in [0.2, 0.25) is 0 Å². The zero-order valence-corrected chi connectivity index (χ0v) is 22.6. The highest BCUT2D eigenvalue weighted by atomic mass is 32.2. The van der Waals surface area contributed by atoms with Gasteiger partial charge in [0.25, 0.3) is 0 Å². The summed E-state index contributed by atoms with van der Waals surface area (Å²) in [6.45, 7) is 9.43. The van der Waals surface area contributed by atoms with Crippen molar-refractivity contribution in [3.8, 4) is 0 Å². The first-order valence-corrected chi connectivity index (χ1v) is 15.7. The van der Waals surface area contributed by atoms with E-state index in [1.54, 1.807) is 12.1 Å². The standard InChI is InChI=1S/C30H46O3S/c1-5-30(31)18-17-28(3)22(19-30)11-12-24-26-14-13-25(29(26,4)16-15-27(24)28)21(2)20-34(32,33)23-9-7-6-8-10-23/h6-10,21-22,24-27,31H,5,11-20H2,1-4H3/t21-,22+,24+,25-,26+,27+,28+,29-,30+/m1/s1. The second-order valence-electron chi connectivity index (χ2n) is 13.2. The molecule has 0 saturated heterocycles. The zero-order valence-electron chi connectivity index (χ0n) is 21.8. The van der Waals surface area contributed by atoms with Crippen LogP contribution >= 0.6 is 0 Å². The number of rotatable bonds is 5. The fourth-order valence-electron chi connectivity index (χ4n) is 9.81. The Morgan fingerprint density at radius 1 is 0.941 bits per heavy atom. The molecule has 9 atom stereocenters. The summed E-state index contributed by atoms with van der Waals surface area (Å²) in [5.41, 5.74) is 0.221. The van der Waals surface area contributed by atoms with Crippen LogP contribution in [0.1, 0.15) is 91.9 Å². The van der Waals surface area contributed by atoms with Gasteiger partial charge in [-0.3, -0.25) is 0 Å². The van der Waals surface area contributed by atoms with Crippen molar-refractivity contribution in [1.82, 2.24) is 0 Å². The summed E-state index contributed by atoms with van der Waals surface area (Å²) in [4.78, 5) is 0.473. The van der Waals surface area contributed by atoms with Crippen LogP contribution in [0.4, 0.5) is 0 Å². The first kappa shape index (κ1) is 24.8. The minimum Gasteiger partial charge on any atom is -0.390 e. The van der Waals surface area contributed by atoms with Gasteiger partial charge in [0.05, 0.1) is 16.2 Å². The lowest BCUT2D eigenvalue weighted by molar-refractivity contribution is -0.152. The second kappa shape index (κ2) is 8.61. The molecule has 1 N–H and O–H groups in total. The van der Waals surface area contributed by atoms with Crippen LogP contribution in [0, 0.1) is 46.3 Å². The zero-order chi connectivity index (χ0) is 24.4. The molecular weight excluding hydrogens is 440 g/mol. The van der Waals surface area contributed by atoms with E-state index in [0.717, 1.165) is 37.0 Å². The van der Waals surface area contributed by atoms with E-state index in [0.29, 0.717) is 22.1 Å². The molecule has 1 aromatic rings. The third kappa shape index (κ3) is 3.90. The first-order valence-electron chi connectivity index (χ1n) is 14.0. The smallest absolute Gasteiger partial charge is 0.178 e. The summed E-state index contributed by atoms with van der Waals surface area (Å²) in [7, 11) is -3.25. The predicted octanol–water partition coefficient (Wildman–Crippen LogP) is 6.90. The lowest BCUT2D eigenvalue weighted by Gasteiger charge is -2.62. The highest BCUT2D eigenvalue weighted by molar-refractivity contribution is 7.91. The molecule has 4 aliphatic carbocycles. The second-order valence-corrected chi connectivity index (χ2v) is 15.3. The fraction of sp³-hybridized carbons (Fsp3) is 0.800. The maximum atomic E-state index is 13.1. The molecule has 34 heavy (non-hydrogen) atoms. The average molecular weight is 487 g/mol. The molecule has 0 unspecified atom stereocenters. The molecule has 0 amide bonds.